The summed E-state index contributed by atoms with van der Waals surface area (Å²) in [4.78, 5) is 13.0. The van der Waals surface area contributed by atoms with Crippen molar-refractivity contribution in [2.45, 2.75) is 18.2 Å². The van der Waals surface area contributed by atoms with E-state index in [0.29, 0.717) is 29.5 Å². The summed E-state index contributed by atoms with van der Waals surface area (Å²) in [5.74, 6) is 0.620. The number of amides is 1. The van der Waals surface area contributed by atoms with Crippen LogP contribution in [0.3, 0.4) is 0 Å². The highest BCUT2D eigenvalue weighted by molar-refractivity contribution is 7.92. The molecule has 0 heterocycles. The standard InChI is InChI=1S/C24H26N2O5S/c1-3-17-31-23-12-8-7-11-22(23)25-24(27)18-26(19-13-15-20(30-2)16-14-19)32(28,29)21-9-5-4-6-10-21/h4-16H,3,17-18H2,1-2H3,(H,25,27). The zero-order valence-corrected chi connectivity index (χ0v) is 18.8. The topological polar surface area (TPSA) is 84.9 Å². The van der Waals surface area contributed by atoms with Crippen molar-refractivity contribution in [2.24, 2.45) is 0 Å². The highest BCUT2D eigenvalue weighted by Crippen LogP contribution is 2.27. The summed E-state index contributed by atoms with van der Waals surface area (Å²) in [7, 11) is -2.46. The maximum absolute atomic E-state index is 13.4. The number of ether oxygens (including phenoxy) is 2. The number of methoxy groups -OCH3 is 1. The first kappa shape index (κ1) is 23.1. The lowest BCUT2D eigenvalue weighted by molar-refractivity contribution is -0.114. The maximum Gasteiger partial charge on any atom is 0.264 e. The number of sulfonamides is 1. The van der Waals surface area contributed by atoms with Crippen molar-refractivity contribution in [1.29, 1.82) is 0 Å². The van der Waals surface area contributed by atoms with E-state index in [-0.39, 0.29) is 4.90 Å². The summed E-state index contributed by atoms with van der Waals surface area (Å²) >= 11 is 0. The van der Waals surface area contributed by atoms with Gasteiger partial charge in [-0.15, -0.1) is 0 Å². The van der Waals surface area contributed by atoms with Crippen molar-refractivity contribution in [2.75, 3.05) is 29.9 Å². The summed E-state index contributed by atoms with van der Waals surface area (Å²) in [5, 5.41) is 2.77. The first-order chi connectivity index (χ1) is 15.5. The monoisotopic (exact) mass is 454 g/mol. The van der Waals surface area contributed by atoms with Crippen LogP contribution in [0.1, 0.15) is 13.3 Å². The molecule has 0 bridgehead atoms. The third-order valence-electron chi connectivity index (χ3n) is 4.60. The molecule has 0 radical (unpaired) electrons. The Labute approximate surface area is 188 Å². The second-order valence-electron chi connectivity index (χ2n) is 6.92. The van der Waals surface area contributed by atoms with E-state index in [9.17, 15) is 13.2 Å². The van der Waals surface area contributed by atoms with E-state index < -0.39 is 22.5 Å². The molecule has 0 aromatic heterocycles. The van der Waals surface area contributed by atoms with E-state index in [4.69, 9.17) is 9.47 Å². The summed E-state index contributed by atoms with van der Waals surface area (Å²) in [6.45, 7) is 2.08. The number of para-hydroxylation sites is 2. The van der Waals surface area contributed by atoms with Gasteiger partial charge in [-0.25, -0.2) is 8.42 Å². The van der Waals surface area contributed by atoms with Crippen LogP contribution in [0.15, 0.2) is 83.8 Å². The highest BCUT2D eigenvalue weighted by Gasteiger charge is 2.27. The number of carbonyl (C=O) groups excluding carboxylic acids is 1. The second-order valence-corrected chi connectivity index (χ2v) is 8.78. The summed E-state index contributed by atoms with van der Waals surface area (Å²) < 4.78 is 38.7. The van der Waals surface area contributed by atoms with Crippen molar-refractivity contribution < 1.29 is 22.7 Å². The van der Waals surface area contributed by atoms with Crippen LogP contribution >= 0.6 is 0 Å². The SMILES string of the molecule is CCCOc1ccccc1NC(=O)CN(c1ccc(OC)cc1)S(=O)(=O)c1ccccc1. The molecule has 0 fully saturated rings. The highest BCUT2D eigenvalue weighted by atomic mass is 32.2. The molecular weight excluding hydrogens is 428 g/mol. The normalized spacial score (nSPS) is 10.9. The van der Waals surface area contributed by atoms with Gasteiger partial charge in [-0.2, -0.15) is 0 Å². The lowest BCUT2D eigenvalue weighted by Gasteiger charge is -2.24. The van der Waals surface area contributed by atoms with Crippen LogP contribution in [0.5, 0.6) is 11.5 Å². The predicted molar refractivity (Wildman–Crippen MR) is 125 cm³/mol. The molecule has 0 spiro atoms. The smallest absolute Gasteiger partial charge is 0.264 e. The Balaban J connectivity index is 1.90. The fourth-order valence-electron chi connectivity index (χ4n) is 3.01. The number of nitrogens with one attached hydrogen (secondary N) is 1. The van der Waals surface area contributed by atoms with Crippen LogP contribution in [0.25, 0.3) is 0 Å². The van der Waals surface area contributed by atoms with Crippen LogP contribution in [0.4, 0.5) is 11.4 Å². The maximum atomic E-state index is 13.4. The number of hydrogen-bond acceptors (Lipinski definition) is 5. The molecule has 3 aromatic rings. The zero-order valence-electron chi connectivity index (χ0n) is 18.0. The van der Waals surface area contributed by atoms with Gasteiger partial charge in [0, 0.05) is 0 Å². The molecule has 3 aromatic carbocycles. The van der Waals surface area contributed by atoms with Crippen LogP contribution in [0.2, 0.25) is 0 Å². The van der Waals surface area contributed by atoms with E-state index >= 15 is 0 Å². The lowest BCUT2D eigenvalue weighted by Crippen LogP contribution is -2.38. The number of benzene rings is 3. The average Bonchev–Trinajstić information content (AvgIpc) is 2.82. The Morgan fingerprint density at radius 1 is 0.938 bits per heavy atom. The van der Waals surface area contributed by atoms with Crippen LogP contribution in [-0.4, -0.2) is 34.6 Å². The van der Waals surface area contributed by atoms with Crippen molar-refractivity contribution in [3.63, 3.8) is 0 Å². The fourth-order valence-corrected chi connectivity index (χ4v) is 4.45. The zero-order chi connectivity index (χ0) is 23.0. The van der Waals surface area contributed by atoms with E-state index in [1.807, 2.05) is 13.0 Å². The average molecular weight is 455 g/mol. The molecule has 0 aliphatic heterocycles. The van der Waals surface area contributed by atoms with Crippen molar-refractivity contribution in [1.82, 2.24) is 0 Å². The third-order valence-corrected chi connectivity index (χ3v) is 6.39. The largest absolute Gasteiger partial charge is 0.497 e. The molecule has 0 unspecified atom stereocenters. The molecule has 0 saturated heterocycles. The molecule has 0 atom stereocenters. The Bertz CT molecular complexity index is 1130. The molecule has 1 amide bonds. The molecule has 0 saturated carbocycles. The molecule has 0 aliphatic rings. The Kier molecular flexibility index (Phi) is 7.72. The van der Waals surface area contributed by atoms with Gasteiger partial charge >= 0.3 is 0 Å². The van der Waals surface area contributed by atoms with Crippen LogP contribution in [0, 0.1) is 0 Å². The number of carbonyl (C=O) groups is 1. The molecule has 7 nitrogen and oxygen atoms in total. The van der Waals surface area contributed by atoms with Gasteiger partial charge in [0.1, 0.15) is 18.0 Å². The predicted octanol–water partition coefficient (Wildman–Crippen LogP) is 4.32. The van der Waals surface area contributed by atoms with E-state index in [1.54, 1.807) is 60.7 Å². The Morgan fingerprint density at radius 2 is 1.59 bits per heavy atom. The van der Waals surface area contributed by atoms with Crippen molar-refractivity contribution in [3.8, 4) is 11.5 Å². The Morgan fingerprint density at radius 3 is 2.25 bits per heavy atom. The molecule has 8 heteroatoms. The second kappa shape index (κ2) is 10.7. The van der Waals surface area contributed by atoms with E-state index in [2.05, 4.69) is 5.32 Å². The van der Waals surface area contributed by atoms with Gasteiger partial charge in [-0.3, -0.25) is 9.10 Å². The number of rotatable bonds is 10. The van der Waals surface area contributed by atoms with E-state index in [1.165, 1.54) is 19.2 Å². The van der Waals surface area contributed by atoms with Gasteiger partial charge in [0.25, 0.3) is 10.0 Å². The molecule has 32 heavy (non-hydrogen) atoms. The van der Waals surface area contributed by atoms with Gasteiger partial charge in [-0.05, 0) is 55.0 Å². The van der Waals surface area contributed by atoms with Crippen LogP contribution in [-0.2, 0) is 14.8 Å². The first-order valence-corrected chi connectivity index (χ1v) is 11.6. The van der Waals surface area contributed by atoms with Crippen LogP contribution < -0.4 is 19.1 Å². The minimum absolute atomic E-state index is 0.0929. The number of nitrogens with zero attached hydrogens (tertiary/aromatic N) is 1. The van der Waals surface area contributed by atoms with Gasteiger partial charge in [-0.1, -0.05) is 37.3 Å². The Hall–Kier alpha value is -3.52. The number of hydrogen-bond donors (Lipinski definition) is 1. The fraction of sp³-hybridized carbons (Fsp3) is 0.208. The summed E-state index contributed by atoms with van der Waals surface area (Å²) in [6, 6.07) is 21.6. The van der Waals surface area contributed by atoms with Gasteiger partial charge in [0.2, 0.25) is 5.91 Å². The third kappa shape index (κ3) is 5.59. The molecule has 168 valence electrons. The molecule has 1 N–H and O–H groups in total. The minimum atomic E-state index is -3.98. The quantitative estimate of drug-likeness (QED) is 0.493. The van der Waals surface area contributed by atoms with Crippen molar-refractivity contribution in [3.05, 3.63) is 78.9 Å². The lowest BCUT2D eigenvalue weighted by atomic mass is 10.3. The number of anilines is 2. The van der Waals surface area contributed by atoms with Crippen molar-refractivity contribution >= 4 is 27.3 Å². The first-order valence-electron chi connectivity index (χ1n) is 10.2. The molecule has 3 rings (SSSR count). The summed E-state index contributed by atoms with van der Waals surface area (Å²) in [6.07, 6.45) is 0.822. The summed E-state index contributed by atoms with van der Waals surface area (Å²) in [5.41, 5.74) is 0.832. The van der Waals surface area contributed by atoms with Gasteiger partial charge in [0.05, 0.1) is 30.0 Å². The molecule has 0 aliphatic carbocycles. The van der Waals surface area contributed by atoms with Gasteiger partial charge < -0.3 is 14.8 Å². The minimum Gasteiger partial charge on any atom is -0.497 e. The van der Waals surface area contributed by atoms with E-state index in [0.717, 1.165) is 10.7 Å². The molecular formula is C24H26N2O5S. The van der Waals surface area contributed by atoms with Gasteiger partial charge in [0.15, 0.2) is 0 Å².